The highest BCUT2D eigenvalue weighted by atomic mass is 16.6. The predicted molar refractivity (Wildman–Crippen MR) is 173 cm³/mol. The predicted octanol–water partition coefficient (Wildman–Crippen LogP) is 5.71. The van der Waals surface area contributed by atoms with E-state index in [9.17, 15) is 9.59 Å². The first-order chi connectivity index (χ1) is 21.5. The topological polar surface area (TPSA) is 110 Å². The van der Waals surface area contributed by atoms with Crippen molar-refractivity contribution in [1.82, 2.24) is 20.9 Å². The summed E-state index contributed by atoms with van der Waals surface area (Å²) in [6.07, 6.45) is 7.31. The molecule has 44 heavy (non-hydrogen) atoms. The Labute approximate surface area is 263 Å². The van der Waals surface area contributed by atoms with Crippen LogP contribution < -0.4 is 34.9 Å². The second kappa shape index (κ2) is 19.7. The molecule has 2 aromatic rings. The molecule has 2 aromatic carbocycles. The van der Waals surface area contributed by atoms with E-state index in [1.165, 1.54) is 19.3 Å². The van der Waals surface area contributed by atoms with Gasteiger partial charge >= 0.3 is 12.2 Å². The smallest absolute Gasteiger partial charge is 0.412 e. The Kier molecular flexibility index (Phi) is 15.7. The molecule has 244 valence electrons. The van der Waals surface area contributed by atoms with Gasteiger partial charge in [0.2, 0.25) is 0 Å². The SMILES string of the molecule is CCCN(CCCCCCNCCOc1ccccc1OC)C1CCc2c(ccc(OC(=O)NCC)c2OC(=O)NCC)C1. The fraction of sp³-hybridized carbons (Fsp3) is 0.588. The van der Waals surface area contributed by atoms with Crippen LogP contribution >= 0.6 is 0 Å². The van der Waals surface area contributed by atoms with Gasteiger partial charge in [0.1, 0.15) is 6.61 Å². The second-order valence-electron chi connectivity index (χ2n) is 11.0. The van der Waals surface area contributed by atoms with Gasteiger partial charge in [-0.1, -0.05) is 38.0 Å². The van der Waals surface area contributed by atoms with Gasteiger partial charge in [0.05, 0.1) is 7.11 Å². The monoisotopic (exact) mass is 612 g/mol. The molecule has 0 saturated carbocycles. The molecule has 0 aliphatic heterocycles. The summed E-state index contributed by atoms with van der Waals surface area (Å²) in [6, 6.07) is 11.9. The number of amides is 2. The summed E-state index contributed by atoms with van der Waals surface area (Å²) in [5.41, 5.74) is 2.09. The van der Waals surface area contributed by atoms with E-state index >= 15 is 0 Å². The van der Waals surface area contributed by atoms with Crippen LogP contribution in [0.3, 0.4) is 0 Å². The lowest BCUT2D eigenvalue weighted by atomic mass is 9.86. The van der Waals surface area contributed by atoms with Crippen molar-refractivity contribution in [2.24, 2.45) is 0 Å². The third-order valence-corrected chi connectivity index (χ3v) is 7.73. The van der Waals surface area contributed by atoms with E-state index in [1.807, 2.05) is 44.2 Å². The van der Waals surface area contributed by atoms with Gasteiger partial charge in [0.25, 0.3) is 0 Å². The van der Waals surface area contributed by atoms with Crippen LogP contribution in [0.5, 0.6) is 23.0 Å². The minimum Gasteiger partial charge on any atom is -0.493 e. The van der Waals surface area contributed by atoms with Crippen molar-refractivity contribution in [1.29, 1.82) is 0 Å². The Morgan fingerprint density at radius 1 is 0.841 bits per heavy atom. The van der Waals surface area contributed by atoms with E-state index < -0.39 is 12.2 Å². The molecule has 0 heterocycles. The van der Waals surface area contributed by atoms with Crippen molar-refractivity contribution in [3.05, 3.63) is 47.5 Å². The van der Waals surface area contributed by atoms with Crippen LogP contribution in [0, 0.1) is 0 Å². The number of fused-ring (bicyclic) bond motifs is 1. The number of hydrogen-bond donors (Lipinski definition) is 3. The largest absolute Gasteiger partial charge is 0.493 e. The van der Waals surface area contributed by atoms with E-state index in [1.54, 1.807) is 13.2 Å². The average Bonchev–Trinajstić information content (AvgIpc) is 3.02. The molecule has 3 N–H and O–H groups in total. The van der Waals surface area contributed by atoms with Crippen molar-refractivity contribution >= 4 is 12.2 Å². The second-order valence-corrected chi connectivity index (χ2v) is 11.0. The van der Waals surface area contributed by atoms with E-state index in [2.05, 4.69) is 27.8 Å². The third kappa shape index (κ3) is 11.2. The van der Waals surface area contributed by atoms with Gasteiger partial charge in [-0.3, -0.25) is 0 Å². The van der Waals surface area contributed by atoms with Gasteiger partial charge < -0.3 is 39.8 Å². The first kappa shape index (κ1) is 35.0. The molecule has 0 saturated heterocycles. The molecule has 0 spiro atoms. The van der Waals surface area contributed by atoms with E-state index in [0.29, 0.717) is 31.5 Å². The maximum atomic E-state index is 12.3. The average molecular weight is 613 g/mol. The molecule has 0 fully saturated rings. The van der Waals surface area contributed by atoms with Crippen molar-refractivity contribution in [3.63, 3.8) is 0 Å². The Morgan fingerprint density at radius 2 is 1.57 bits per heavy atom. The molecule has 2 amide bonds. The lowest BCUT2D eigenvalue weighted by Gasteiger charge is -2.36. The molecule has 10 heteroatoms. The first-order valence-electron chi connectivity index (χ1n) is 16.3. The number of carbonyl (C=O) groups is 2. The lowest BCUT2D eigenvalue weighted by molar-refractivity contribution is 0.173. The van der Waals surface area contributed by atoms with Gasteiger partial charge in [-0.2, -0.15) is 0 Å². The summed E-state index contributed by atoms with van der Waals surface area (Å²) >= 11 is 0. The molecule has 1 aliphatic rings. The summed E-state index contributed by atoms with van der Waals surface area (Å²) in [4.78, 5) is 27.1. The van der Waals surface area contributed by atoms with Crippen LogP contribution in [-0.4, -0.2) is 76.1 Å². The number of para-hydroxylation sites is 2. The quantitative estimate of drug-likeness (QED) is 0.173. The molecule has 0 aromatic heterocycles. The number of methoxy groups -OCH3 is 1. The number of benzene rings is 2. The zero-order valence-electron chi connectivity index (χ0n) is 27.0. The molecule has 1 aliphatic carbocycles. The summed E-state index contributed by atoms with van der Waals surface area (Å²) < 4.78 is 22.3. The van der Waals surface area contributed by atoms with Gasteiger partial charge in [-0.05, 0) is 95.8 Å². The first-order valence-corrected chi connectivity index (χ1v) is 16.3. The van der Waals surface area contributed by atoms with Crippen molar-refractivity contribution in [2.45, 2.75) is 78.2 Å². The van der Waals surface area contributed by atoms with E-state index in [-0.39, 0.29) is 5.75 Å². The van der Waals surface area contributed by atoms with Crippen LogP contribution in [0.2, 0.25) is 0 Å². The maximum Gasteiger partial charge on any atom is 0.412 e. The highest BCUT2D eigenvalue weighted by Gasteiger charge is 2.29. The Balaban J connectivity index is 1.44. The van der Waals surface area contributed by atoms with Gasteiger partial charge in [-0.25, -0.2) is 9.59 Å². The number of nitrogens with one attached hydrogen (secondary N) is 3. The summed E-state index contributed by atoms with van der Waals surface area (Å²) in [6.45, 7) is 11.3. The van der Waals surface area contributed by atoms with Gasteiger partial charge in [0.15, 0.2) is 23.0 Å². The number of carbonyl (C=O) groups excluding carboxylic acids is 2. The maximum absolute atomic E-state index is 12.3. The number of ether oxygens (including phenoxy) is 4. The minimum atomic E-state index is -0.565. The Morgan fingerprint density at radius 3 is 2.30 bits per heavy atom. The summed E-state index contributed by atoms with van der Waals surface area (Å²) in [5.74, 6) is 2.15. The minimum absolute atomic E-state index is 0.267. The number of hydrogen-bond acceptors (Lipinski definition) is 8. The molecule has 10 nitrogen and oxygen atoms in total. The third-order valence-electron chi connectivity index (χ3n) is 7.73. The molecular weight excluding hydrogens is 560 g/mol. The molecular formula is C34H52N4O6. The van der Waals surface area contributed by atoms with Crippen LogP contribution in [0.4, 0.5) is 9.59 Å². The summed E-state index contributed by atoms with van der Waals surface area (Å²) in [7, 11) is 1.65. The zero-order chi connectivity index (χ0) is 31.6. The lowest BCUT2D eigenvalue weighted by Crippen LogP contribution is -2.40. The highest BCUT2D eigenvalue weighted by molar-refractivity contribution is 5.75. The molecule has 3 rings (SSSR count). The van der Waals surface area contributed by atoms with Crippen LogP contribution in [0.15, 0.2) is 36.4 Å². The highest BCUT2D eigenvalue weighted by Crippen LogP contribution is 2.39. The Bertz CT molecular complexity index is 1160. The van der Waals surface area contributed by atoms with Gasteiger partial charge in [0, 0.05) is 31.2 Å². The number of unbranched alkanes of at least 4 members (excludes halogenated alkanes) is 3. The molecule has 0 bridgehead atoms. The van der Waals surface area contributed by atoms with E-state index in [4.69, 9.17) is 18.9 Å². The number of nitrogens with zero attached hydrogens (tertiary/aromatic N) is 1. The Hall–Kier alpha value is -3.50. The standard InChI is InChI=1S/C34H52N4O6/c1-5-22-38(23-13-9-8-12-20-35-21-24-42-30-15-11-10-14-29(30)41-4)27-17-18-28-26(25-27)16-19-31(43-33(39)36-6-2)32(28)44-34(40)37-7-3/h10-11,14-16,19,27,35H,5-9,12-13,17-18,20-25H2,1-4H3,(H,36,39)(H,37,40). The van der Waals surface area contributed by atoms with Crippen molar-refractivity contribution in [3.8, 4) is 23.0 Å². The van der Waals surface area contributed by atoms with Crippen LogP contribution in [0.25, 0.3) is 0 Å². The molecule has 0 radical (unpaired) electrons. The fourth-order valence-corrected chi connectivity index (χ4v) is 5.62. The normalized spacial score (nSPS) is 14.1. The number of rotatable bonds is 19. The van der Waals surface area contributed by atoms with E-state index in [0.717, 1.165) is 80.9 Å². The van der Waals surface area contributed by atoms with Crippen molar-refractivity contribution < 1.29 is 28.5 Å². The van der Waals surface area contributed by atoms with Crippen molar-refractivity contribution in [2.75, 3.05) is 53.0 Å². The molecule has 1 unspecified atom stereocenters. The fourth-order valence-electron chi connectivity index (χ4n) is 5.62. The molecule has 1 atom stereocenters. The van der Waals surface area contributed by atoms with Crippen LogP contribution in [-0.2, 0) is 12.8 Å². The van der Waals surface area contributed by atoms with Gasteiger partial charge in [-0.15, -0.1) is 0 Å². The summed E-state index contributed by atoms with van der Waals surface area (Å²) in [5, 5.41) is 8.78. The zero-order valence-corrected chi connectivity index (χ0v) is 27.0. The van der Waals surface area contributed by atoms with Crippen LogP contribution in [0.1, 0.15) is 70.4 Å².